The van der Waals surface area contributed by atoms with Gasteiger partial charge < -0.3 is 19.9 Å². The summed E-state index contributed by atoms with van der Waals surface area (Å²) < 4.78 is 5.15. The van der Waals surface area contributed by atoms with Crippen LogP contribution in [0.3, 0.4) is 0 Å². The molecular formula is C17H20IrNO3-. The van der Waals surface area contributed by atoms with Gasteiger partial charge in [-0.3, -0.25) is 0 Å². The van der Waals surface area contributed by atoms with Gasteiger partial charge in [0, 0.05) is 32.9 Å². The molecule has 121 valence electrons. The summed E-state index contributed by atoms with van der Waals surface area (Å²) in [5.41, 5.74) is 2.75. The molecule has 0 saturated carbocycles. The molecule has 1 atom stereocenters. The van der Waals surface area contributed by atoms with Crippen LogP contribution in [0.5, 0.6) is 0 Å². The van der Waals surface area contributed by atoms with Crippen LogP contribution in [0.15, 0.2) is 42.6 Å². The number of ether oxygens (including phenoxy) is 1. The molecule has 1 aromatic heterocycles. The molecule has 1 unspecified atom stereocenters. The van der Waals surface area contributed by atoms with Crippen molar-refractivity contribution < 1.29 is 35.1 Å². The van der Waals surface area contributed by atoms with E-state index in [2.05, 4.69) is 11.1 Å². The summed E-state index contributed by atoms with van der Waals surface area (Å²) >= 11 is 0. The molecule has 1 heterocycles. The van der Waals surface area contributed by atoms with E-state index in [0.717, 1.165) is 16.8 Å². The van der Waals surface area contributed by atoms with Crippen molar-refractivity contribution in [2.24, 2.45) is 0 Å². The van der Waals surface area contributed by atoms with Crippen LogP contribution in [0.25, 0.3) is 11.3 Å². The van der Waals surface area contributed by atoms with E-state index in [1.807, 2.05) is 36.4 Å². The van der Waals surface area contributed by atoms with Gasteiger partial charge in [0.1, 0.15) is 0 Å². The number of aliphatic hydroxyl groups excluding tert-OH is 2. The van der Waals surface area contributed by atoms with Crippen LogP contribution in [0, 0.1) is 6.07 Å². The van der Waals surface area contributed by atoms with Gasteiger partial charge >= 0.3 is 0 Å². The predicted molar refractivity (Wildman–Crippen MR) is 80.7 cm³/mol. The maximum Gasteiger partial charge on any atom is 0.0697 e. The largest absolute Gasteiger partial charge is 0.394 e. The van der Waals surface area contributed by atoms with Gasteiger partial charge in [-0.2, -0.15) is 0 Å². The van der Waals surface area contributed by atoms with Gasteiger partial charge in [-0.15, -0.1) is 35.4 Å². The van der Waals surface area contributed by atoms with E-state index >= 15 is 0 Å². The molecule has 5 heteroatoms. The van der Waals surface area contributed by atoms with Gasteiger partial charge in [0.25, 0.3) is 0 Å². The molecule has 1 aromatic carbocycles. The van der Waals surface area contributed by atoms with Crippen LogP contribution in [0.2, 0.25) is 0 Å². The van der Waals surface area contributed by atoms with Crippen LogP contribution in [0.1, 0.15) is 12.0 Å². The molecule has 0 aliphatic heterocycles. The van der Waals surface area contributed by atoms with Gasteiger partial charge in [-0.25, -0.2) is 0 Å². The monoisotopic (exact) mass is 479 g/mol. The summed E-state index contributed by atoms with van der Waals surface area (Å²) in [5.74, 6) is 0. The molecule has 4 nitrogen and oxygen atoms in total. The molecule has 1 radical (unpaired) electrons. The van der Waals surface area contributed by atoms with Gasteiger partial charge in [0.2, 0.25) is 0 Å². The third kappa shape index (κ3) is 6.34. The zero-order chi connectivity index (χ0) is 14.9. The van der Waals surface area contributed by atoms with Crippen molar-refractivity contribution in [3.8, 4) is 11.3 Å². The summed E-state index contributed by atoms with van der Waals surface area (Å²) in [5, 5.41) is 18.6. The smallest absolute Gasteiger partial charge is 0.0697 e. The van der Waals surface area contributed by atoms with E-state index in [1.54, 1.807) is 6.20 Å². The molecule has 0 bridgehead atoms. The van der Waals surface area contributed by atoms with Crippen LogP contribution in [0.4, 0.5) is 0 Å². The van der Waals surface area contributed by atoms with Crippen LogP contribution >= 0.6 is 0 Å². The quantitative estimate of drug-likeness (QED) is 0.449. The van der Waals surface area contributed by atoms with E-state index < -0.39 is 6.10 Å². The number of pyridine rings is 1. The van der Waals surface area contributed by atoms with Gasteiger partial charge in [0.15, 0.2) is 0 Å². The van der Waals surface area contributed by atoms with Crippen LogP contribution < -0.4 is 0 Å². The minimum atomic E-state index is -0.473. The number of benzene rings is 1. The van der Waals surface area contributed by atoms with Crippen molar-refractivity contribution in [1.82, 2.24) is 4.98 Å². The summed E-state index contributed by atoms with van der Waals surface area (Å²) in [6.45, 7) is 0.770. The Bertz CT molecular complexity index is 536. The normalized spacial score (nSPS) is 11.7. The fourth-order valence-corrected chi connectivity index (χ4v) is 2.05. The number of hydrogen-bond donors (Lipinski definition) is 2. The standard InChI is InChI=1S/C17H20NO3.Ir/c19-9-11-21-10-7-16(20)13-14-4-3-5-15(12-14)17-6-1-2-8-18-17;/h1-6,8,16,19-20H,7,9-11,13H2;/q-1;. The zero-order valence-electron chi connectivity index (χ0n) is 12.2. The minimum absolute atomic E-state index is 0. The Balaban J connectivity index is 0.00000242. The number of aromatic nitrogens is 1. The average molecular weight is 479 g/mol. The molecule has 2 aromatic rings. The number of rotatable bonds is 8. The molecule has 0 amide bonds. The molecule has 0 saturated heterocycles. The fraction of sp³-hybridized carbons (Fsp3) is 0.353. The molecule has 2 N–H and O–H groups in total. The number of hydrogen-bond acceptors (Lipinski definition) is 4. The van der Waals surface area contributed by atoms with E-state index in [0.29, 0.717) is 26.1 Å². The van der Waals surface area contributed by atoms with E-state index in [9.17, 15) is 5.11 Å². The molecule has 2 rings (SSSR count). The molecular weight excluding hydrogens is 458 g/mol. The van der Waals surface area contributed by atoms with Crippen molar-refractivity contribution in [2.75, 3.05) is 19.8 Å². The molecule has 0 fully saturated rings. The summed E-state index contributed by atoms with van der Waals surface area (Å²) in [4.78, 5) is 4.30. The summed E-state index contributed by atoms with van der Waals surface area (Å²) in [6.07, 6.45) is 2.35. The van der Waals surface area contributed by atoms with E-state index in [1.165, 1.54) is 0 Å². The van der Waals surface area contributed by atoms with Gasteiger partial charge in [0.05, 0.1) is 19.3 Å². The first-order valence-electron chi connectivity index (χ1n) is 7.09. The Hall–Kier alpha value is -1.10. The Labute approximate surface area is 144 Å². The van der Waals surface area contributed by atoms with Crippen molar-refractivity contribution in [3.63, 3.8) is 0 Å². The van der Waals surface area contributed by atoms with Gasteiger partial charge in [-0.1, -0.05) is 12.1 Å². The molecule has 0 aliphatic carbocycles. The first-order chi connectivity index (χ1) is 10.3. The topological polar surface area (TPSA) is 62.6 Å². The maximum absolute atomic E-state index is 9.99. The average Bonchev–Trinajstić information content (AvgIpc) is 2.53. The third-order valence-electron chi connectivity index (χ3n) is 3.08. The first kappa shape index (κ1) is 18.9. The van der Waals surface area contributed by atoms with Crippen LogP contribution in [-0.4, -0.2) is 41.1 Å². The molecule has 22 heavy (non-hydrogen) atoms. The Morgan fingerprint density at radius 2 is 2.00 bits per heavy atom. The Morgan fingerprint density at radius 3 is 2.73 bits per heavy atom. The SMILES string of the molecule is OCCOCCC(O)Cc1[c-]c(-c2ccccn2)ccc1.[Ir]. The number of aliphatic hydroxyl groups is 2. The van der Waals surface area contributed by atoms with E-state index in [4.69, 9.17) is 9.84 Å². The van der Waals surface area contributed by atoms with E-state index in [-0.39, 0.29) is 26.7 Å². The number of nitrogens with zero attached hydrogens (tertiary/aromatic N) is 1. The van der Waals surface area contributed by atoms with Gasteiger partial charge in [-0.05, 0) is 24.6 Å². The Kier molecular flexibility index (Phi) is 9.13. The first-order valence-corrected chi connectivity index (χ1v) is 7.09. The second-order valence-corrected chi connectivity index (χ2v) is 4.79. The zero-order valence-corrected chi connectivity index (χ0v) is 14.6. The summed E-state index contributed by atoms with van der Waals surface area (Å²) in [6, 6.07) is 14.9. The maximum atomic E-state index is 9.99. The van der Waals surface area contributed by atoms with Crippen molar-refractivity contribution in [3.05, 3.63) is 54.2 Å². The van der Waals surface area contributed by atoms with Crippen molar-refractivity contribution in [1.29, 1.82) is 0 Å². The van der Waals surface area contributed by atoms with Crippen molar-refractivity contribution in [2.45, 2.75) is 18.9 Å². The minimum Gasteiger partial charge on any atom is -0.394 e. The van der Waals surface area contributed by atoms with Crippen LogP contribution in [-0.2, 0) is 31.3 Å². The fourth-order valence-electron chi connectivity index (χ4n) is 2.05. The second kappa shape index (κ2) is 10.6. The molecule has 0 aliphatic rings. The predicted octanol–water partition coefficient (Wildman–Crippen LogP) is 1.85. The van der Waals surface area contributed by atoms with Crippen molar-refractivity contribution >= 4 is 0 Å². The Morgan fingerprint density at radius 1 is 1.14 bits per heavy atom. The third-order valence-corrected chi connectivity index (χ3v) is 3.08. The second-order valence-electron chi connectivity index (χ2n) is 4.79. The molecule has 0 spiro atoms. The summed E-state index contributed by atoms with van der Waals surface area (Å²) in [7, 11) is 0.